The molecule has 2 aliphatic rings. The number of halogens is 1. The molecule has 9 heteroatoms. The van der Waals surface area contributed by atoms with Gasteiger partial charge in [0.15, 0.2) is 5.82 Å². The number of hydrogen-bond acceptors (Lipinski definition) is 5. The van der Waals surface area contributed by atoms with Gasteiger partial charge in [0.1, 0.15) is 12.0 Å². The third-order valence-corrected chi connectivity index (χ3v) is 5.87. The quantitative estimate of drug-likeness (QED) is 0.646. The molecule has 0 spiro atoms. The van der Waals surface area contributed by atoms with E-state index in [1.807, 2.05) is 34.8 Å². The van der Waals surface area contributed by atoms with E-state index in [1.165, 1.54) is 24.3 Å². The van der Waals surface area contributed by atoms with Crippen molar-refractivity contribution in [2.24, 2.45) is 0 Å². The number of carbonyl (C=O) groups is 1. The molecule has 1 unspecified atom stereocenters. The predicted octanol–water partition coefficient (Wildman–Crippen LogP) is 4.00. The van der Waals surface area contributed by atoms with E-state index in [1.54, 1.807) is 18.0 Å². The van der Waals surface area contributed by atoms with Crippen LogP contribution in [0.15, 0.2) is 48.8 Å². The normalized spacial score (nSPS) is 18.9. The molecule has 0 bridgehead atoms. The van der Waals surface area contributed by atoms with Crippen LogP contribution in [-0.2, 0) is 0 Å². The molecule has 5 rings (SSSR count). The lowest BCUT2D eigenvalue weighted by atomic mass is 10.1. The number of benzene rings is 1. The van der Waals surface area contributed by atoms with Crippen molar-refractivity contribution in [1.82, 2.24) is 14.8 Å². The monoisotopic (exact) mass is 436 g/mol. The van der Waals surface area contributed by atoms with Gasteiger partial charge in [-0.3, -0.25) is 9.58 Å². The standard InChI is InChI=1S/C23H25FN6O2/c1-14-12-28(23(32)26-18-5-3-17(24)4-6-18)22-21(30(14)15(2)31)10-9-20(27-22)16-11-25-29(13-16)19-7-8-19/h3-6,9-11,13-15,19,31H,7-8,12H2,1-2H3,(H,26,32)/t14-,15?/m0/s1. The summed E-state index contributed by atoms with van der Waals surface area (Å²) in [6.45, 7) is 3.98. The topological polar surface area (TPSA) is 86.5 Å². The zero-order valence-electron chi connectivity index (χ0n) is 17.9. The fourth-order valence-electron chi connectivity index (χ4n) is 4.16. The number of hydrogen-bond donors (Lipinski definition) is 2. The molecule has 1 aliphatic carbocycles. The van der Waals surface area contributed by atoms with Crippen molar-refractivity contribution in [3.8, 4) is 11.3 Å². The van der Waals surface area contributed by atoms with Crippen molar-refractivity contribution in [3.05, 3.63) is 54.6 Å². The average Bonchev–Trinajstić information content (AvgIpc) is 3.50. The fraction of sp³-hybridized carbons (Fsp3) is 0.348. The maximum atomic E-state index is 13.2. The van der Waals surface area contributed by atoms with Gasteiger partial charge in [0.2, 0.25) is 0 Å². The lowest BCUT2D eigenvalue weighted by Crippen LogP contribution is -2.54. The van der Waals surface area contributed by atoms with E-state index in [0.29, 0.717) is 35.5 Å². The first-order valence-electron chi connectivity index (χ1n) is 10.8. The van der Waals surface area contributed by atoms with Gasteiger partial charge in [-0.05, 0) is 63.1 Å². The van der Waals surface area contributed by atoms with Gasteiger partial charge < -0.3 is 15.3 Å². The summed E-state index contributed by atoms with van der Waals surface area (Å²) in [5.74, 6) is 0.0888. The molecule has 2 N–H and O–H groups in total. The summed E-state index contributed by atoms with van der Waals surface area (Å²) in [6, 6.07) is 9.35. The first-order valence-corrected chi connectivity index (χ1v) is 10.8. The van der Waals surface area contributed by atoms with Gasteiger partial charge >= 0.3 is 6.03 Å². The average molecular weight is 436 g/mol. The molecule has 1 aliphatic heterocycles. The summed E-state index contributed by atoms with van der Waals surface area (Å²) < 4.78 is 15.2. The molecule has 2 aromatic heterocycles. The smallest absolute Gasteiger partial charge is 0.327 e. The molecule has 0 radical (unpaired) electrons. The van der Waals surface area contributed by atoms with Crippen molar-refractivity contribution < 1.29 is 14.3 Å². The van der Waals surface area contributed by atoms with E-state index in [2.05, 4.69) is 10.4 Å². The maximum absolute atomic E-state index is 13.2. The van der Waals surface area contributed by atoms with Crippen molar-refractivity contribution in [2.75, 3.05) is 21.7 Å². The zero-order chi connectivity index (χ0) is 22.4. The van der Waals surface area contributed by atoms with Gasteiger partial charge in [-0.2, -0.15) is 5.10 Å². The second kappa shape index (κ2) is 7.90. The number of nitrogens with one attached hydrogen (secondary N) is 1. The molecule has 1 saturated carbocycles. The molecule has 32 heavy (non-hydrogen) atoms. The van der Waals surface area contributed by atoms with E-state index >= 15 is 0 Å². The molecule has 1 aromatic carbocycles. The fourth-order valence-corrected chi connectivity index (χ4v) is 4.16. The number of amides is 2. The number of carbonyl (C=O) groups excluding carboxylic acids is 1. The largest absolute Gasteiger partial charge is 0.374 e. The van der Waals surface area contributed by atoms with Crippen molar-refractivity contribution >= 4 is 23.2 Å². The molecule has 8 nitrogen and oxygen atoms in total. The van der Waals surface area contributed by atoms with Crippen LogP contribution >= 0.6 is 0 Å². The molecule has 0 saturated heterocycles. The van der Waals surface area contributed by atoms with E-state index < -0.39 is 6.23 Å². The number of urea groups is 1. The predicted molar refractivity (Wildman–Crippen MR) is 120 cm³/mol. The lowest BCUT2D eigenvalue weighted by Gasteiger charge is -2.43. The Balaban J connectivity index is 1.51. The van der Waals surface area contributed by atoms with Crippen molar-refractivity contribution in [1.29, 1.82) is 0 Å². The Morgan fingerprint density at radius 3 is 2.66 bits per heavy atom. The minimum absolute atomic E-state index is 0.133. The van der Waals surface area contributed by atoms with Gasteiger partial charge in [0.05, 0.1) is 23.6 Å². The summed E-state index contributed by atoms with van der Waals surface area (Å²) in [5, 5.41) is 17.6. The molecular weight excluding hydrogens is 411 g/mol. The molecule has 3 aromatic rings. The second-order valence-corrected chi connectivity index (χ2v) is 8.42. The highest BCUT2D eigenvalue weighted by Crippen LogP contribution is 2.38. The summed E-state index contributed by atoms with van der Waals surface area (Å²) in [7, 11) is 0. The third kappa shape index (κ3) is 3.80. The minimum atomic E-state index is -0.740. The van der Waals surface area contributed by atoms with Gasteiger partial charge in [-0.1, -0.05) is 0 Å². The highest BCUT2D eigenvalue weighted by atomic mass is 19.1. The van der Waals surface area contributed by atoms with Crippen LogP contribution in [0.4, 0.5) is 26.4 Å². The summed E-state index contributed by atoms with van der Waals surface area (Å²) >= 11 is 0. The summed E-state index contributed by atoms with van der Waals surface area (Å²) in [4.78, 5) is 21.4. The Bertz CT molecular complexity index is 1140. The number of anilines is 3. The molecule has 2 amide bonds. The number of rotatable bonds is 4. The summed E-state index contributed by atoms with van der Waals surface area (Å²) in [6.07, 6.45) is 5.30. The third-order valence-electron chi connectivity index (χ3n) is 5.87. The number of aromatic nitrogens is 3. The van der Waals surface area contributed by atoms with Crippen LogP contribution in [0.5, 0.6) is 0 Å². The van der Waals surface area contributed by atoms with Crippen molar-refractivity contribution in [3.63, 3.8) is 0 Å². The first-order chi connectivity index (χ1) is 15.4. The van der Waals surface area contributed by atoms with Crippen LogP contribution in [-0.4, -0.2) is 44.7 Å². The van der Waals surface area contributed by atoms with Crippen LogP contribution < -0.4 is 15.1 Å². The SMILES string of the molecule is CC(O)N1c2ccc(-c3cnn(C4CC4)c3)nc2N(C(=O)Nc2ccc(F)cc2)C[C@@H]1C. The number of nitrogens with zero attached hydrogens (tertiary/aromatic N) is 5. The lowest BCUT2D eigenvalue weighted by molar-refractivity contribution is 0.177. The number of aliphatic hydroxyl groups is 1. The highest BCUT2D eigenvalue weighted by Gasteiger charge is 2.35. The Morgan fingerprint density at radius 2 is 1.97 bits per heavy atom. The van der Waals surface area contributed by atoms with E-state index in [0.717, 1.165) is 18.4 Å². The van der Waals surface area contributed by atoms with Crippen LogP contribution in [0.3, 0.4) is 0 Å². The van der Waals surface area contributed by atoms with Gasteiger partial charge in [0, 0.05) is 30.0 Å². The highest BCUT2D eigenvalue weighted by molar-refractivity contribution is 6.04. The van der Waals surface area contributed by atoms with Gasteiger partial charge in [-0.15, -0.1) is 0 Å². The molecule has 2 atom stereocenters. The van der Waals surface area contributed by atoms with Crippen LogP contribution in [0.1, 0.15) is 32.7 Å². The zero-order valence-corrected chi connectivity index (χ0v) is 17.9. The summed E-state index contributed by atoms with van der Waals surface area (Å²) in [5.41, 5.74) is 2.74. The van der Waals surface area contributed by atoms with Gasteiger partial charge in [0.25, 0.3) is 0 Å². The Labute approximate surface area is 185 Å². The van der Waals surface area contributed by atoms with Gasteiger partial charge in [-0.25, -0.2) is 14.2 Å². The minimum Gasteiger partial charge on any atom is -0.374 e. The molecule has 166 valence electrons. The second-order valence-electron chi connectivity index (χ2n) is 8.42. The first kappa shape index (κ1) is 20.4. The van der Waals surface area contributed by atoms with Crippen LogP contribution in [0.2, 0.25) is 0 Å². The molecular formula is C23H25FN6O2. The van der Waals surface area contributed by atoms with E-state index in [4.69, 9.17) is 4.98 Å². The van der Waals surface area contributed by atoms with E-state index in [9.17, 15) is 14.3 Å². The number of fused-ring (bicyclic) bond motifs is 1. The number of aliphatic hydroxyl groups excluding tert-OH is 1. The van der Waals surface area contributed by atoms with Crippen LogP contribution in [0.25, 0.3) is 11.3 Å². The Morgan fingerprint density at radius 1 is 1.22 bits per heavy atom. The Hall–Kier alpha value is -3.46. The Kier molecular flexibility index (Phi) is 5.05. The molecule has 3 heterocycles. The van der Waals surface area contributed by atoms with E-state index in [-0.39, 0.29) is 17.9 Å². The maximum Gasteiger partial charge on any atom is 0.327 e. The van der Waals surface area contributed by atoms with Crippen molar-refractivity contribution in [2.45, 2.75) is 45.0 Å². The van der Waals surface area contributed by atoms with Crippen LogP contribution in [0, 0.1) is 5.82 Å². The molecule has 1 fully saturated rings. The number of pyridine rings is 1.